The molecular weight excluding hydrogens is 247 g/mol. The molecule has 88 valence electrons. The summed E-state index contributed by atoms with van der Waals surface area (Å²) in [7, 11) is 0. The van der Waals surface area contributed by atoms with Gasteiger partial charge in [-0.1, -0.05) is 11.6 Å². The number of aromatic hydroxyl groups is 1. The smallest absolute Gasteiger partial charge is 0.471 e. The number of nitrogens with one attached hydrogen (secondary N) is 1. The number of phenols is 1. The highest BCUT2D eigenvalue weighted by Crippen LogP contribution is 2.31. The molecule has 0 aliphatic rings. The molecule has 16 heavy (non-hydrogen) atoms. The summed E-state index contributed by atoms with van der Waals surface area (Å²) in [6.45, 7) is 1.53. The fourth-order valence-electron chi connectivity index (χ4n) is 0.964. The van der Waals surface area contributed by atoms with Gasteiger partial charge in [0.2, 0.25) is 0 Å². The fraction of sp³-hybridized carbons (Fsp3) is 0.222. The number of aryl methyl sites for hydroxylation is 1. The molecule has 0 aliphatic carbocycles. The van der Waals surface area contributed by atoms with E-state index in [4.69, 9.17) is 11.6 Å². The van der Waals surface area contributed by atoms with Crippen molar-refractivity contribution < 1.29 is 23.1 Å². The Morgan fingerprint density at radius 2 is 2.00 bits per heavy atom. The molecule has 0 aliphatic heterocycles. The van der Waals surface area contributed by atoms with Gasteiger partial charge >= 0.3 is 12.1 Å². The third kappa shape index (κ3) is 2.79. The number of rotatable bonds is 1. The van der Waals surface area contributed by atoms with E-state index in [9.17, 15) is 23.1 Å². The van der Waals surface area contributed by atoms with Crippen LogP contribution in [0.4, 0.5) is 18.9 Å². The monoisotopic (exact) mass is 253 g/mol. The quantitative estimate of drug-likeness (QED) is 0.756. The number of anilines is 1. The number of alkyl halides is 3. The van der Waals surface area contributed by atoms with E-state index < -0.39 is 17.8 Å². The summed E-state index contributed by atoms with van der Waals surface area (Å²) in [4.78, 5) is 10.6. The standard InChI is InChI=1S/C9H7ClF3NO2/c1-4-2-6(7(15)3-5(4)10)14-8(16)9(11,12)13/h2-3,15H,1H3,(H,14,16). The zero-order chi connectivity index (χ0) is 12.5. The lowest BCUT2D eigenvalue weighted by Gasteiger charge is -2.10. The van der Waals surface area contributed by atoms with Crippen molar-refractivity contribution in [2.24, 2.45) is 0 Å². The second-order valence-corrected chi connectivity index (χ2v) is 3.48. The third-order valence-electron chi connectivity index (χ3n) is 1.78. The number of hydrogen-bond donors (Lipinski definition) is 2. The molecule has 3 nitrogen and oxygen atoms in total. The molecule has 7 heteroatoms. The lowest BCUT2D eigenvalue weighted by Crippen LogP contribution is -2.29. The van der Waals surface area contributed by atoms with Crippen LogP contribution in [0.2, 0.25) is 5.02 Å². The molecular formula is C9H7ClF3NO2. The van der Waals surface area contributed by atoms with Gasteiger partial charge in [0.05, 0.1) is 5.69 Å². The van der Waals surface area contributed by atoms with E-state index in [0.29, 0.717) is 5.56 Å². The molecule has 0 heterocycles. The van der Waals surface area contributed by atoms with E-state index in [-0.39, 0.29) is 10.7 Å². The molecule has 0 bridgehead atoms. The largest absolute Gasteiger partial charge is 0.506 e. The van der Waals surface area contributed by atoms with Crippen molar-refractivity contribution in [3.8, 4) is 5.75 Å². The zero-order valence-electron chi connectivity index (χ0n) is 8.02. The Hall–Kier alpha value is -1.43. The minimum atomic E-state index is -5.00. The lowest BCUT2D eigenvalue weighted by molar-refractivity contribution is -0.167. The van der Waals surface area contributed by atoms with Crippen LogP contribution in [0.15, 0.2) is 12.1 Å². The topological polar surface area (TPSA) is 49.3 Å². The summed E-state index contributed by atoms with van der Waals surface area (Å²) in [6.07, 6.45) is -5.00. The van der Waals surface area contributed by atoms with Crippen LogP contribution in [0, 0.1) is 6.92 Å². The molecule has 0 aromatic heterocycles. The van der Waals surface area contributed by atoms with Crippen LogP contribution in [0.1, 0.15) is 5.56 Å². The highest BCUT2D eigenvalue weighted by molar-refractivity contribution is 6.31. The van der Waals surface area contributed by atoms with Gasteiger partial charge < -0.3 is 10.4 Å². The Morgan fingerprint density at radius 1 is 1.44 bits per heavy atom. The van der Waals surface area contributed by atoms with Gasteiger partial charge in [-0.15, -0.1) is 0 Å². The molecule has 0 radical (unpaired) electrons. The third-order valence-corrected chi connectivity index (χ3v) is 2.19. The molecule has 0 fully saturated rings. The number of phenolic OH excluding ortho intramolecular Hbond substituents is 1. The predicted molar refractivity (Wildman–Crippen MR) is 52.5 cm³/mol. The van der Waals surface area contributed by atoms with Crippen LogP contribution in [0.25, 0.3) is 0 Å². The fourth-order valence-corrected chi connectivity index (χ4v) is 1.12. The molecule has 1 amide bonds. The number of hydrogen-bond acceptors (Lipinski definition) is 2. The minimum Gasteiger partial charge on any atom is -0.506 e. The minimum absolute atomic E-state index is 0.197. The van der Waals surface area contributed by atoms with Crippen LogP contribution < -0.4 is 5.32 Å². The van der Waals surface area contributed by atoms with Crippen LogP contribution in [0.3, 0.4) is 0 Å². The first-order chi connectivity index (χ1) is 7.21. The van der Waals surface area contributed by atoms with E-state index in [1.54, 1.807) is 5.32 Å². The Bertz CT molecular complexity index is 431. The number of carbonyl (C=O) groups excluding carboxylic acids is 1. The molecule has 1 aromatic carbocycles. The SMILES string of the molecule is Cc1cc(NC(=O)C(F)(F)F)c(O)cc1Cl. The first kappa shape index (κ1) is 12.6. The Balaban J connectivity index is 2.99. The maximum Gasteiger partial charge on any atom is 0.471 e. The number of halogens is 4. The van der Waals surface area contributed by atoms with Crippen molar-refractivity contribution in [1.29, 1.82) is 0 Å². The molecule has 0 atom stereocenters. The van der Waals surface area contributed by atoms with Gasteiger partial charge in [0.15, 0.2) is 0 Å². The maximum absolute atomic E-state index is 11.9. The van der Waals surface area contributed by atoms with E-state index >= 15 is 0 Å². The first-order valence-corrected chi connectivity index (χ1v) is 4.47. The zero-order valence-corrected chi connectivity index (χ0v) is 8.78. The second kappa shape index (κ2) is 4.21. The number of benzene rings is 1. The molecule has 0 saturated carbocycles. The average Bonchev–Trinajstić information content (AvgIpc) is 2.12. The van der Waals surface area contributed by atoms with Gasteiger partial charge in [-0.2, -0.15) is 13.2 Å². The van der Waals surface area contributed by atoms with Gasteiger partial charge in [0.1, 0.15) is 5.75 Å². The molecule has 1 aromatic rings. The second-order valence-electron chi connectivity index (χ2n) is 3.07. The van der Waals surface area contributed by atoms with Gasteiger partial charge in [-0.25, -0.2) is 0 Å². The van der Waals surface area contributed by atoms with Crippen LogP contribution in [0.5, 0.6) is 5.75 Å². The molecule has 0 spiro atoms. The van der Waals surface area contributed by atoms with Crippen molar-refractivity contribution in [3.05, 3.63) is 22.7 Å². The lowest BCUT2D eigenvalue weighted by atomic mass is 10.2. The van der Waals surface area contributed by atoms with E-state index in [1.807, 2.05) is 0 Å². The van der Waals surface area contributed by atoms with Crippen molar-refractivity contribution >= 4 is 23.2 Å². The Kier molecular flexibility index (Phi) is 3.32. The first-order valence-electron chi connectivity index (χ1n) is 4.09. The number of amides is 1. The summed E-state index contributed by atoms with van der Waals surface area (Å²) >= 11 is 5.62. The number of carbonyl (C=O) groups is 1. The van der Waals surface area contributed by atoms with Gasteiger partial charge in [-0.3, -0.25) is 4.79 Å². The highest BCUT2D eigenvalue weighted by atomic mass is 35.5. The van der Waals surface area contributed by atoms with Crippen LogP contribution in [-0.2, 0) is 4.79 Å². The normalized spacial score (nSPS) is 11.3. The van der Waals surface area contributed by atoms with E-state index in [0.717, 1.165) is 12.1 Å². The van der Waals surface area contributed by atoms with Crippen molar-refractivity contribution in [3.63, 3.8) is 0 Å². The van der Waals surface area contributed by atoms with Crippen molar-refractivity contribution in [2.75, 3.05) is 5.32 Å². The van der Waals surface area contributed by atoms with E-state index in [2.05, 4.69) is 0 Å². The van der Waals surface area contributed by atoms with E-state index in [1.165, 1.54) is 6.92 Å². The van der Waals surface area contributed by atoms with Gasteiger partial charge in [0.25, 0.3) is 0 Å². The summed E-state index contributed by atoms with van der Waals surface area (Å²) < 4.78 is 35.8. The molecule has 2 N–H and O–H groups in total. The van der Waals surface area contributed by atoms with Gasteiger partial charge in [-0.05, 0) is 18.6 Å². The molecule has 1 rings (SSSR count). The van der Waals surface area contributed by atoms with Crippen LogP contribution >= 0.6 is 11.6 Å². The predicted octanol–water partition coefficient (Wildman–Crippen LogP) is 2.85. The summed E-state index contributed by atoms with van der Waals surface area (Å²) in [6, 6.07) is 2.21. The van der Waals surface area contributed by atoms with Crippen molar-refractivity contribution in [2.45, 2.75) is 13.1 Å². The van der Waals surface area contributed by atoms with Gasteiger partial charge in [0, 0.05) is 11.1 Å². The molecule has 0 saturated heterocycles. The molecule has 0 unspecified atom stereocenters. The average molecular weight is 254 g/mol. The Morgan fingerprint density at radius 3 is 2.50 bits per heavy atom. The Labute approximate surface area is 93.8 Å². The highest BCUT2D eigenvalue weighted by Gasteiger charge is 2.39. The van der Waals surface area contributed by atoms with Crippen molar-refractivity contribution in [1.82, 2.24) is 0 Å². The summed E-state index contributed by atoms with van der Waals surface area (Å²) in [5.41, 5.74) is 0.112. The summed E-state index contributed by atoms with van der Waals surface area (Å²) in [5, 5.41) is 11.0. The maximum atomic E-state index is 11.9. The summed E-state index contributed by atoms with van der Waals surface area (Å²) in [5.74, 6) is -2.67. The van der Waals surface area contributed by atoms with Crippen LogP contribution in [-0.4, -0.2) is 17.2 Å².